The number of likely N-dealkylation sites (tertiary alicyclic amines) is 1. The quantitative estimate of drug-likeness (QED) is 0.620. The molecule has 0 aromatic rings. The lowest BCUT2D eigenvalue weighted by molar-refractivity contribution is -0.139. The smallest absolute Gasteiger partial charge is 0.225 e. The van der Waals surface area contributed by atoms with Crippen molar-refractivity contribution < 1.29 is 14.7 Å². The van der Waals surface area contributed by atoms with Crippen molar-refractivity contribution in [3.63, 3.8) is 0 Å². The van der Waals surface area contributed by atoms with E-state index in [0.717, 1.165) is 6.54 Å². The van der Waals surface area contributed by atoms with Crippen LogP contribution >= 0.6 is 0 Å². The number of nitrogens with one attached hydrogen (secondary N) is 1. The highest BCUT2D eigenvalue weighted by Gasteiger charge is 2.33. The predicted molar refractivity (Wildman–Crippen MR) is 103 cm³/mol. The lowest BCUT2D eigenvalue weighted by Crippen LogP contribution is -2.50. The second kappa shape index (κ2) is 9.91. The highest BCUT2D eigenvalue weighted by Crippen LogP contribution is 2.27. The normalized spacial score (nSPS) is 22.1. The van der Waals surface area contributed by atoms with Crippen LogP contribution in [0.25, 0.3) is 0 Å². The Morgan fingerprint density at radius 1 is 1.19 bits per heavy atom. The van der Waals surface area contributed by atoms with Crippen LogP contribution in [0.2, 0.25) is 0 Å². The molecular formula is C21H34N2O3. The second-order valence-corrected chi connectivity index (χ2v) is 7.97. The summed E-state index contributed by atoms with van der Waals surface area (Å²) < 4.78 is 0. The molecule has 1 aliphatic carbocycles. The van der Waals surface area contributed by atoms with E-state index in [-0.39, 0.29) is 24.3 Å². The van der Waals surface area contributed by atoms with Crippen LogP contribution in [-0.2, 0) is 9.59 Å². The second-order valence-electron chi connectivity index (χ2n) is 7.97. The van der Waals surface area contributed by atoms with Crippen LogP contribution in [0.15, 0.2) is 25.3 Å². The molecule has 26 heavy (non-hydrogen) atoms. The number of amides is 2. The van der Waals surface area contributed by atoms with Gasteiger partial charge < -0.3 is 15.3 Å². The molecule has 0 radical (unpaired) electrons. The average Bonchev–Trinajstić information content (AvgIpc) is 2.63. The molecule has 2 aliphatic rings. The van der Waals surface area contributed by atoms with Gasteiger partial charge in [-0.15, -0.1) is 13.2 Å². The van der Waals surface area contributed by atoms with Crippen LogP contribution in [0.3, 0.4) is 0 Å². The summed E-state index contributed by atoms with van der Waals surface area (Å²) in [6.07, 6.45) is 11.3. The molecule has 0 bridgehead atoms. The van der Waals surface area contributed by atoms with Gasteiger partial charge in [0, 0.05) is 26.1 Å². The molecule has 2 N–H and O–H groups in total. The SMILES string of the molecule is C=CCC(O)(CC=C)CNC(=O)C1CCC(=O)N(CC2CCCCC2)C1. The third-order valence-corrected chi connectivity index (χ3v) is 5.71. The molecule has 5 nitrogen and oxygen atoms in total. The minimum absolute atomic E-state index is 0.0716. The molecule has 1 atom stereocenters. The minimum atomic E-state index is -1.04. The zero-order chi connectivity index (χ0) is 19.0. The Bertz CT molecular complexity index is 501. The summed E-state index contributed by atoms with van der Waals surface area (Å²) in [6.45, 7) is 8.81. The summed E-state index contributed by atoms with van der Waals surface area (Å²) in [7, 11) is 0. The molecule has 0 aromatic heterocycles. The number of aliphatic hydroxyl groups is 1. The first-order valence-electron chi connectivity index (χ1n) is 9.97. The van der Waals surface area contributed by atoms with Crippen molar-refractivity contribution in [1.29, 1.82) is 0 Å². The fraction of sp³-hybridized carbons (Fsp3) is 0.714. The standard InChI is InChI=1S/C21H34N2O3/c1-3-12-21(26,13-4-2)16-22-20(25)18-10-11-19(24)23(15-18)14-17-8-6-5-7-9-17/h3-4,17-18,26H,1-2,5-16H2,(H,22,25). The topological polar surface area (TPSA) is 69.6 Å². The van der Waals surface area contributed by atoms with Crippen LogP contribution in [0, 0.1) is 11.8 Å². The van der Waals surface area contributed by atoms with Gasteiger partial charge in [-0.1, -0.05) is 31.4 Å². The summed E-state index contributed by atoms with van der Waals surface area (Å²) in [5, 5.41) is 13.4. The Morgan fingerprint density at radius 2 is 1.85 bits per heavy atom. The lowest BCUT2D eigenvalue weighted by atomic mass is 9.87. The van der Waals surface area contributed by atoms with Crippen molar-refractivity contribution in [2.24, 2.45) is 11.8 Å². The highest BCUT2D eigenvalue weighted by atomic mass is 16.3. The van der Waals surface area contributed by atoms with E-state index in [1.807, 2.05) is 4.90 Å². The van der Waals surface area contributed by atoms with Gasteiger partial charge in [0.05, 0.1) is 11.5 Å². The van der Waals surface area contributed by atoms with Gasteiger partial charge in [0.2, 0.25) is 11.8 Å². The van der Waals surface area contributed by atoms with Crippen LogP contribution in [0.1, 0.15) is 57.8 Å². The van der Waals surface area contributed by atoms with Crippen molar-refractivity contribution in [3.05, 3.63) is 25.3 Å². The van der Waals surface area contributed by atoms with Crippen LogP contribution in [-0.4, -0.2) is 47.1 Å². The molecule has 5 heteroatoms. The van der Waals surface area contributed by atoms with Crippen LogP contribution in [0.5, 0.6) is 0 Å². The summed E-state index contributed by atoms with van der Waals surface area (Å²) >= 11 is 0. The molecule has 1 unspecified atom stereocenters. The number of hydrogen-bond donors (Lipinski definition) is 2. The van der Waals surface area contributed by atoms with E-state index in [1.165, 1.54) is 32.1 Å². The van der Waals surface area contributed by atoms with Crippen molar-refractivity contribution in [2.45, 2.75) is 63.4 Å². The van der Waals surface area contributed by atoms with Gasteiger partial charge in [0.25, 0.3) is 0 Å². The number of rotatable bonds is 9. The van der Waals surface area contributed by atoms with Gasteiger partial charge in [0.1, 0.15) is 0 Å². The van der Waals surface area contributed by atoms with Crippen LogP contribution in [0.4, 0.5) is 0 Å². The number of piperidine rings is 1. The van der Waals surface area contributed by atoms with Gasteiger partial charge in [0.15, 0.2) is 0 Å². The largest absolute Gasteiger partial charge is 0.387 e. The third-order valence-electron chi connectivity index (χ3n) is 5.71. The number of hydrogen-bond acceptors (Lipinski definition) is 3. The summed E-state index contributed by atoms with van der Waals surface area (Å²) in [5.74, 6) is 0.500. The lowest BCUT2D eigenvalue weighted by Gasteiger charge is -2.36. The zero-order valence-electron chi connectivity index (χ0n) is 15.9. The van der Waals surface area contributed by atoms with Crippen molar-refractivity contribution in [1.82, 2.24) is 10.2 Å². The Balaban J connectivity index is 1.86. The third kappa shape index (κ3) is 5.97. The molecule has 1 saturated carbocycles. The van der Waals surface area contributed by atoms with Crippen molar-refractivity contribution >= 4 is 11.8 Å². The van der Waals surface area contributed by atoms with Crippen molar-refractivity contribution in [3.8, 4) is 0 Å². The summed E-state index contributed by atoms with van der Waals surface area (Å²) in [6, 6.07) is 0. The first-order chi connectivity index (χ1) is 12.5. The van der Waals surface area contributed by atoms with E-state index < -0.39 is 5.60 Å². The molecule has 0 spiro atoms. The Hall–Kier alpha value is -1.62. The molecule has 2 amide bonds. The number of carbonyl (C=O) groups excluding carboxylic acids is 2. The first-order valence-corrected chi connectivity index (χ1v) is 9.97. The highest BCUT2D eigenvalue weighted by molar-refractivity contribution is 5.83. The van der Waals surface area contributed by atoms with Gasteiger partial charge in [-0.25, -0.2) is 0 Å². The fourth-order valence-electron chi connectivity index (χ4n) is 4.15. The molecule has 1 saturated heterocycles. The molecule has 2 rings (SSSR count). The van der Waals surface area contributed by atoms with Gasteiger partial charge >= 0.3 is 0 Å². The first kappa shape index (κ1) is 20.7. The number of nitrogens with zero attached hydrogens (tertiary/aromatic N) is 1. The number of carbonyl (C=O) groups is 2. The zero-order valence-corrected chi connectivity index (χ0v) is 15.9. The molecule has 1 aliphatic heterocycles. The predicted octanol–water partition coefficient (Wildman–Crippen LogP) is 2.80. The maximum atomic E-state index is 12.6. The van der Waals surface area contributed by atoms with Gasteiger partial charge in [-0.05, 0) is 38.0 Å². The summed E-state index contributed by atoms with van der Waals surface area (Å²) in [4.78, 5) is 26.7. The molecule has 0 aromatic carbocycles. The van der Waals surface area contributed by atoms with E-state index in [1.54, 1.807) is 12.2 Å². The van der Waals surface area contributed by atoms with E-state index in [9.17, 15) is 14.7 Å². The Labute approximate surface area is 157 Å². The van der Waals surface area contributed by atoms with Crippen molar-refractivity contribution in [2.75, 3.05) is 19.6 Å². The van der Waals surface area contributed by atoms with Gasteiger partial charge in [-0.2, -0.15) is 0 Å². The molecule has 1 heterocycles. The molecule has 146 valence electrons. The maximum Gasteiger partial charge on any atom is 0.225 e. The van der Waals surface area contributed by atoms with E-state index in [0.29, 0.717) is 38.1 Å². The maximum absolute atomic E-state index is 12.6. The van der Waals surface area contributed by atoms with E-state index in [2.05, 4.69) is 18.5 Å². The van der Waals surface area contributed by atoms with Crippen LogP contribution < -0.4 is 5.32 Å². The molecular weight excluding hydrogens is 328 g/mol. The minimum Gasteiger partial charge on any atom is -0.387 e. The summed E-state index contributed by atoms with van der Waals surface area (Å²) in [5.41, 5.74) is -1.04. The molecule has 2 fully saturated rings. The van der Waals surface area contributed by atoms with Gasteiger partial charge in [-0.3, -0.25) is 9.59 Å². The van der Waals surface area contributed by atoms with E-state index in [4.69, 9.17) is 0 Å². The Morgan fingerprint density at radius 3 is 2.46 bits per heavy atom. The fourth-order valence-corrected chi connectivity index (χ4v) is 4.15. The monoisotopic (exact) mass is 362 g/mol. The van der Waals surface area contributed by atoms with E-state index >= 15 is 0 Å². The average molecular weight is 363 g/mol. The Kier molecular flexibility index (Phi) is 7.88.